The van der Waals surface area contributed by atoms with Crippen molar-refractivity contribution in [1.29, 1.82) is 0 Å². The highest BCUT2D eigenvalue weighted by Crippen LogP contribution is 2.32. The molecule has 0 N–H and O–H groups in total. The zero-order valence-corrected chi connectivity index (χ0v) is 14.7. The number of nitrogens with zero attached hydrogens (tertiary/aromatic N) is 1. The van der Waals surface area contributed by atoms with Gasteiger partial charge < -0.3 is 13.9 Å². The minimum Gasteiger partial charge on any atom is -0.493 e. The van der Waals surface area contributed by atoms with Crippen molar-refractivity contribution >= 4 is 29.0 Å². The van der Waals surface area contributed by atoms with E-state index in [1.807, 2.05) is 19.1 Å². The molecule has 0 saturated carbocycles. The van der Waals surface area contributed by atoms with Gasteiger partial charge in [-0.1, -0.05) is 12.1 Å². The van der Waals surface area contributed by atoms with E-state index in [-0.39, 0.29) is 24.3 Å². The third-order valence-electron chi connectivity index (χ3n) is 3.55. The first-order chi connectivity index (χ1) is 12.1. The summed E-state index contributed by atoms with van der Waals surface area (Å²) in [5, 5.41) is -0.317. The van der Waals surface area contributed by atoms with E-state index in [1.54, 1.807) is 37.5 Å². The fourth-order valence-corrected chi connectivity index (χ4v) is 3.18. The van der Waals surface area contributed by atoms with Gasteiger partial charge in [0.25, 0.3) is 11.1 Å². The van der Waals surface area contributed by atoms with Crippen molar-refractivity contribution < 1.29 is 23.5 Å². The maximum absolute atomic E-state index is 12.4. The highest BCUT2D eigenvalue weighted by atomic mass is 32.2. The Morgan fingerprint density at radius 1 is 1.16 bits per heavy atom. The third-order valence-corrected chi connectivity index (χ3v) is 4.46. The number of carbonyl (C=O) groups is 2. The van der Waals surface area contributed by atoms with Gasteiger partial charge in [-0.05, 0) is 43.0 Å². The Kier molecular flexibility index (Phi) is 5.14. The summed E-state index contributed by atoms with van der Waals surface area (Å²) in [6.07, 6.45) is 1.58. The van der Waals surface area contributed by atoms with E-state index in [0.29, 0.717) is 22.2 Å². The topological polar surface area (TPSA) is 69.0 Å². The van der Waals surface area contributed by atoms with E-state index < -0.39 is 0 Å². The van der Waals surface area contributed by atoms with Crippen LogP contribution in [0, 0.1) is 6.92 Å². The molecule has 2 aromatic rings. The average molecular weight is 359 g/mol. The Hall–Kier alpha value is -2.67. The molecule has 25 heavy (non-hydrogen) atoms. The minimum absolute atomic E-state index is 0.164. The van der Waals surface area contributed by atoms with Gasteiger partial charge in [-0.15, -0.1) is 0 Å². The fourth-order valence-electron chi connectivity index (χ4n) is 2.34. The monoisotopic (exact) mass is 359 g/mol. The molecule has 1 aromatic heterocycles. The number of rotatable bonds is 6. The van der Waals surface area contributed by atoms with Gasteiger partial charge in [-0.2, -0.15) is 0 Å². The molecule has 1 fully saturated rings. The first kappa shape index (κ1) is 17.2. The maximum atomic E-state index is 12.4. The predicted octanol–water partition coefficient (Wildman–Crippen LogP) is 3.71. The van der Waals surface area contributed by atoms with Gasteiger partial charge in [-0.3, -0.25) is 14.5 Å². The van der Waals surface area contributed by atoms with Gasteiger partial charge >= 0.3 is 0 Å². The minimum atomic E-state index is -0.340. The lowest BCUT2D eigenvalue weighted by molar-refractivity contribution is -0.123. The van der Waals surface area contributed by atoms with Crippen molar-refractivity contribution in [2.24, 2.45) is 0 Å². The molecule has 1 aliphatic heterocycles. The van der Waals surface area contributed by atoms with E-state index in [0.717, 1.165) is 17.5 Å². The molecule has 0 bridgehead atoms. The molecule has 1 aromatic carbocycles. The lowest BCUT2D eigenvalue weighted by Crippen LogP contribution is -2.32. The highest BCUT2D eigenvalue weighted by molar-refractivity contribution is 8.18. The molecule has 3 rings (SSSR count). The first-order valence-corrected chi connectivity index (χ1v) is 8.48. The van der Waals surface area contributed by atoms with Crippen LogP contribution in [0.5, 0.6) is 11.5 Å². The summed E-state index contributed by atoms with van der Waals surface area (Å²) in [6.45, 7) is 2.17. The van der Waals surface area contributed by atoms with Crippen molar-refractivity contribution in [1.82, 2.24) is 4.90 Å². The van der Waals surface area contributed by atoms with Gasteiger partial charge in [0.15, 0.2) is 11.5 Å². The van der Waals surface area contributed by atoms with Crippen LogP contribution in [0.15, 0.2) is 45.7 Å². The van der Waals surface area contributed by atoms with E-state index >= 15 is 0 Å². The van der Waals surface area contributed by atoms with Crippen molar-refractivity contribution in [2.45, 2.75) is 6.92 Å². The Labute approximate surface area is 149 Å². The predicted molar refractivity (Wildman–Crippen MR) is 94.6 cm³/mol. The Morgan fingerprint density at radius 3 is 2.60 bits per heavy atom. The molecule has 6 nitrogen and oxygen atoms in total. The molecule has 7 heteroatoms. The van der Waals surface area contributed by atoms with Crippen LogP contribution in [0.1, 0.15) is 11.5 Å². The molecule has 1 aliphatic rings. The van der Waals surface area contributed by atoms with E-state index in [4.69, 9.17) is 13.9 Å². The number of imide groups is 1. The number of thioether (sulfide) groups is 1. The summed E-state index contributed by atoms with van der Waals surface area (Å²) in [6, 6.07) is 10.8. The van der Waals surface area contributed by atoms with Crippen LogP contribution in [0.4, 0.5) is 4.79 Å². The third kappa shape index (κ3) is 3.88. The summed E-state index contributed by atoms with van der Waals surface area (Å²) in [5.41, 5.74) is 0. The van der Waals surface area contributed by atoms with Gasteiger partial charge in [0.05, 0.1) is 18.6 Å². The molecule has 0 radical (unpaired) electrons. The summed E-state index contributed by atoms with van der Waals surface area (Å²) in [7, 11) is 1.56. The summed E-state index contributed by atoms with van der Waals surface area (Å²) in [4.78, 5) is 26.0. The van der Waals surface area contributed by atoms with Crippen LogP contribution in [-0.4, -0.2) is 36.3 Å². The zero-order valence-electron chi connectivity index (χ0n) is 13.9. The Balaban J connectivity index is 1.62. The summed E-state index contributed by atoms with van der Waals surface area (Å²) < 4.78 is 16.2. The zero-order chi connectivity index (χ0) is 17.8. The largest absolute Gasteiger partial charge is 0.493 e. The van der Waals surface area contributed by atoms with Gasteiger partial charge in [-0.25, -0.2) is 0 Å². The molecular weight excluding hydrogens is 342 g/mol. The van der Waals surface area contributed by atoms with Crippen molar-refractivity contribution in [2.75, 3.05) is 20.3 Å². The van der Waals surface area contributed by atoms with Gasteiger partial charge in [0, 0.05) is 6.08 Å². The number of aryl methyl sites for hydroxylation is 1. The second kappa shape index (κ2) is 7.48. The first-order valence-electron chi connectivity index (χ1n) is 7.66. The Bertz CT molecular complexity index is 826. The lowest BCUT2D eigenvalue weighted by Gasteiger charge is -2.14. The molecule has 0 aliphatic carbocycles. The van der Waals surface area contributed by atoms with Gasteiger partial charge in [0.1, 0.15) is 18.1 Å². The summed E-state index contributed by atoms with van der Waals surface area (Å²) >= 11 is 0.898. The molecule has 0 atom stereocenters. The van der Waals surface area contributed by atoms with Crippen LogP contribution >= 0.6 is 11.8 Å². The number of para-hydroxylation sites is 2. The van der Waals surface area contributed by atoms with Crippen LogP contribution in [0.3, 0.4) is 0 Å². The average Bonchev–Trinajstić information content (AvgIpc) is 3.13. The number of methoxy groups -OCH3 is 1. The van der Waals surface area contributed by atoms with E-state index in [2.05, 4.69) is 0 Å². The SMILES string of the molecule is COc1ccccc1OCCN1C(=O)S/C(=C\c2ccc(C)o2)C1=O. The number of hydrogen-bond donors (Lipinski definition) is 0. The van der Waals surface area contributed by atoms with Crippen LogP contribution in [0.25, 0.3) is 6.08 Å². The molecule has 0 unspecified atom stereocenters. The van der Waals surface area contributed by atoms with Gasteiger partial charge in [0.2, 0.25) is 0 Å². The molecule has 0 spiro atoms. The second-order valence-electron chi connectivity index (χ2n) is 5.28. The van der Waals surface area contributed by atoms with Crippen molar-refractivity contribution in [3.63, 3.8) is 0 Å². The van der Waals surface area contributed by atoms with E-state index in [9.17, 15) is 9.59 Å². The molecule has 1 saturated heterocycles. The number of furan rings is 1. The second-order valence-corrected chi connectivity index (χ2v) is 6.27. The smallest absolute Gasteiger partial charge is 0.293 e. The van der Waals surface area contributed by atoms with Crippen LogP contribution < -0.4 is 9.47 Å². The quantitative estimate of drug-likeness (QED) is 0.733. The molecule has 2 heterocycles. The molecular formula is C18H17NO5S. The lowest BCUT2D eigenvalue weighted by atomic mass is 10.3. The highest BCUT2D eigenvalue weighted by Gasteiger charge is 2.35. The Morgan fingerprint density at radius 2 is 1.92 bits per heavy atom. The summed E-state index contributed by atoms with van der Waals surface area (Å²) in [5.74, 6) is 2.12. The number of hydrogen-bond acceptors (Lipinski definition) is 6. The fraction of sp³-hybridized carbons (Fsp3) is 0.222. The van der Waals surface area contributed by atoms with Crippen LogP contribution in [-0.2, 0) is 4.79 Å². The number of carbonyl (C=O) groups excluding carboxylic acids is 2. The number of amides is 2. The number of ether oxygens (including phenoxy) is 2. The number of benzene rings is 1. The van der Waals surface area contributed by atoms with Crippen molar-refractivity contribution in [3.05, 3.63) is 52.8 Å². The van der Waals surface area contributed by atoms with E-state index in [1.165, 1.54) is 4.90 Å². The van der Waals surface area contributed by atoms with Crippen LogP contribution in [0.2, 0.25) is 0 Å². The molecule has 2 amide bonds. The maximum Gasteiger partial charge on any atom is 0.293 e. The van der Waals surface area contributed by atoms with Crippen molar-refractivity contribution in [3.8, 4) is 11.5 Å². The standard InChI is InChI=1S/C18H17NO5S/c1-12-7-8-13(24-12)11-16-17(20)19(18(21)25-16)9-10-23-15-6-4-3-5-14(15)22-2/h3-8,11H,9-10H2,1-2H3/b16-11-. The normalized spacial score (nSPS) is 15.9. The molecule has 130 valence electrons.